The zero-order valence-corrected chi connectivity index (χ0v) is 27.7. The van der Waals surface area contributed by atoms with E-state index in [2.05, 4.69) is 5.32 Å². The summed E-state index contributed by atoms with van der Waals surface area (Å²) in [5.74, 6) is -0.833. The molecule has 0 radical (unpaired) electrons. The first-order valence-corrected chi connectivity index (χ1v) is 16.8. The van der Waals surface area contributed by atoms with Gasteiger partial charge in [-0.1, -0.05) is 85.3 Å². The Morgan fingerprint density at radius 2 is 1.47 bits per heavy atom. The van der Waals surface area contributed by atoms with Crippen LogP contribution in [-0.2, 0) is 32.6 Å². The number of carbonyl (C=O) groups excluding carboxylic acids is 2. The van der Waals surface area contributed by atoms with Crippen LogP contribution in [-0.4, -0.2) is 43.8 Å². The second kappa shape index (κ2) is 15.2. The van der Waals surface area contributed by atoms with Crippen LogP contribution in [0.5, 0.6) is 0 Å². The fourth-order valence-electron chi connectivity index (χ4n) is 4.96. The lowest BCUT2D eigenvalue weighted by molar-refractivity contribution is -0.140. The zero-order chi connectivity index (χ0) is 32.6. The maximum atomic E-state index is 14.5. The van der Waals surface area contributed by atoms with Crippen LogP contribution in [0, 0.1) is 13.8 Å². The molecule has 0 spiro atoms. The summed E-state index contributed by atoms with van der Waals surface area (Å²) in [5, 5.41) is 3.54. The molecule has 4 aromatic rings. The number of nitrogens with one attached hydrogen (secondary N) is 1. The number of hydrogen-bond donors (Lipinski definition) is 1. The number of anilines is 1. The molecule has 9 heteroatoms. The van der Waals surface area contributed by atoms with Crippen molar-refractivity contribution in [2.45, 2.75) is 64.1 Å². The van der Waals surface area contributed by atoms with Crippen molar-refractivity contribution in [1.82, 2.24) is 10.2 Å². The van der Waals surface area contributed by atoms with E-state index in [4.69, 9.17) is 11.6 Å². The molecule has 0 aromatic heterocycles. The minimum atomic E-state index is -4.16. The third-order valence-corrected chi connectivity index (χ3v) is 9.93. The van der Waals surface area contributed by atoms with E-state index in [0.29, 0.717) is 22.7 Å². The Hall–Kier alpha value is -4.14. The minimum absolute atomic E-state index is 0.0525. The Balaban J connectivity index is 1.82. The summed E-state index contributed by atoms with van der Waals surface area (Å²) in [6.07, 6.45) is 0.951. The van der Waals surface area contributed by atoms with Gasteiger partial charge in [0, 0.05) is 24.0 Å². The molecular weight excluding hydrogens is 606 g/mol. The second-order valence-electron chi connectivity index (χ2n) is 11.3. The van der Waals surface area contributed by atoms with Gasteiger partial charge in [-0.2, -0.15) is 0 Å². The monoisotopic (exact) mass is 645 g/mol. The maximum Gasteiger partial charge on any atom is 0.264 e. The smallest absolute Gasteiger partial charge is 0.264 e. The number of hydrogen-bond acceptors (Lipinski definition) is 4. The molecule has 2 amide bonds. The predicted molar refractivity (Wildman–Crippen MR) is 181 cm³/mol. The van der Waals surface area contributed by atoms with Gasteiger partial charge in [-0.3, -0.25) is 13.9 Å². The van der Waals surface area contributed by atoms with Gasteiger partial charge < -0.3 is 10.2 Å². The Kier molecular flexibility index (Phi) is 11.4. The standard InChI is InChI=1S/C36H40ClN3O4S/c1-5-28(4)38-36(42)34(23-29-13-8-6-9-14-29)39(24-30-15-12-16-31(37)22-30)35(41)25-40(32-20-19-26(2)27(3)21-32)45(43,44)33-17-10-7-11-18-33/h6-22,28,34H,5,23-25H2,1-4H3,(H,38,42)/t28-,34-/m0/s1. The van der Waals surface area contributed by atoms with Crippen LogP contribution in [0.4, 0.5) is 5.69 Å². The van der Waals surface area contributed by atoms with Gasteiger partial charge in [0.15, 0.2) is 0 Å². The molecular formula is C36H40ClN3O4S. The molecule has 4 rings (SSSR count). The van der Waals surface area contributed by atoms with Crippen LogP contribution in [0.2, 0.25) is 5.02 Å². The van der Waals surface area contributed by atoms with Gasteiger partial charge in [-0.25, -0.2) is 8.42 Å². The molecule has 0 bridgehead atoms. The molecule has 0 aliphatic carbocycles. The summed E-state index contributed by atoms with van der Waals surface area (Å²) in [4.78, 5) is 30.0. The summed E-state index contributed by atoms with van der Waals surface area (Å²) in [7, 11) is -4.16. The highest BCUT2D eigenvalue weighted by atomic mass is 35.5. The minimum Gasteiger partial charge on any atom is -0.352 e. The number of amides is 2. The second-order valence-corrected chi connectivity index (χ2v) is 13.6. The van der Waals surface area contributed by atoms with Crippen molar-refractivity contribution in [1.29, 1.82) is 0 Å². The Labute approximate surface area is 271 Å². The molecule has 45 heavy (non-hydrogen) atoms. The molecule has 0 saturated carbocycles. The van der Waals surface area contributed by atoms with Crippen molar-refractivity contribution in [2.75, 3.05) is 10.8 Å². The Bertz CT molecular complexity index is 1720. The average molecular weight is 646 g/mol. The topological polar surface area (TPSA) is 86.8 Å². The van der Waals surface area contributed by atoms with Crippen molar-refractivity contribution >= 4 is 39.1 Å². The molecule has 0 aliphatic rings. The van der Waals surface area contributed by atoms with Crippen molar-refractivity contribution in [3.05, 3.63) is 130 Å². The largest absolute Gasteiger partial charge is 0.352 e. The van der Waals surface area contributed by atoms with Crippen molar-refractivity contribution in [2.24, 2.45) is 0 Å². The summed E-state index contributed by atoms with van der Waals surface area (Å²) in [5.41, 5.74) is 3.83. The SMILES string of the molecule is CC[C@H](C)NC(=O)[C@H](Cc1ccccc1)N(Cc1cccc(Cl)c1)C(=O)CN(c1ccc(C)c(C)c1)S(=O)(=O)c1ccccc1. The van der Waals surface area contributed by atoms with Crippen LogP contribution in [0.3, 0.4) is 0 Å². The van der Waals surface area contributed by atoms with Crippen LogP contribution < -0.4 is 9.62 Å². The van der Waals surface area contributed by atoms with E-state index < -0.39 is 28.5 Å². The highest BCUT2D eigenvalue weighted by Gasteiger charge is 2.35. The quantitative estimate of drug-likeness (QED) is 0.175. The number of halogens is 1. The fourth-order valence-corrected chi connectivity index (χ4v) is 6.60. The normalized spacial score (nSPS) is 12.6. The summed E-state index contributed by atoms with van der Waals surface area (Å²) in [6.45, 7) is 7.27. The third kappa shape index (κ3) is 8.74. The lowest BCUT2D eigenvalue weighted by Gasteiger charge is -2.34. The number of benzene rings is 4. The van der Waals surface area contributed by atoms with Gasteiger partial charge in [-0.15, -0.1) is 0 Å². The van der Waals surface area contributed by atoms with Crippen LogP contribution in [0.15, 0.2) is 108 Å². The zero-order valence-electron chi connectivity index (χ0n) is 26.1. The van der Waals surface area contributed by atoms with E-state index in [0.717, 1.165) is 21.0 Å². The Morgan fingerprint density at radius 1 is 0.822 bits per heavy atom. The van der Waals surface area contributed by atoms with Crippen molar-refractivity contribution < 1.29 is 18.0 Å². The van der Waals surface area contributed by atoms with E-state index in [9.17, 15) is 18.0 Å². The predicted octanol–water partition coefficient (Wildman–Crippen LogP) is 6.71. The van der Waals surface area contributed by atoms with Crippen molar-refractivity contribution in [3.63, 3.8) is 0 Å². The molecule has 4 aromatic carbocycles. The first-order valence-electron chi connectivity index (χ1n) is 15.0. The summed E-state index contributed by atoms with van der Waals surface area (Å²) < 4.78 is 29.4. The van der Waals surface area contributed by atoms with E-state index in [-0.39, 0.29) is 29.8 Å². The molecule has 2 atom stereocenters. The van der Waals surface area contributed by atoms with Crippen molar-refractivity contribution in [3.8, 4) is 0 Å². The molecule has 0 unspecified atom stereocenters. The molecule has 0 heterocycles. The van der Waals surface area contributed by atoms with Gasteiger partial charge in [0.2, 0.25) is 11.8 Å². The lowest BCUT2D eigenvalue weighted by atomic mass is 10.0. The first-order chi connectivity index (χ1) is 21.5. The number of sulfonamides is 1. The van der Waals surface area contributed by atoms with E-state index in [1.54, 1.807) is 48.5 Å². The van der Waals surface area contributed by atoms with Gasteiger partial charge in [0.1, 0.15) is 12.6 Å². The van der Waals surface area contributed by atoms with Gasteiger partial charge in [-0.05, 0) is 85.8 Å². The molecule has 0 fully saturated rings. The highest BCUT2D eigenvalue weighted by Crippen LogP contribution is 2.27. The van der Waals surface area contributed by atoms with Crippen LogP contribution in [0.25, 0.3) is 0 Å². The van der Waals surface area contributed by atoms with Gasteiger partial charge >= 0.3 is 0 Å². The van der Waals surface area contributed by atoms with E-state index >= 15 is 0 Å². The van der Waals surface area contributed by atoms with E-state index in [1.165, 1.54) is 17.0 Å². The lowest BCUT2D eigenvalue weighted by Crippen LogP contribution is -2.54. The average Bonchev–Trinajstić information content (AvgIpc) is 3.03. The molecule has 1 N–H and O–H groups in total. The van der Waals surface area contributed by atoms with E-state index in [1.807, 2.05) is 70.2 Å². The van der Waals surface area contributed by atoms with Crippen LogP contribution in [0.1, 0.15) is 42.5 Å². The number of aryl methyl sites for hydroxylation is 2. The first kappa shape index (κ1) is 33.7. The maximum absolute atomic E-state index is 14.5. The summed E-state index contributed by atoms with van der Waals surface area (Å²) >= 11 is 6.32. The molecule has 0 aliphatic heterocycles. The number of rotatable bonds is 13. The summed E-state index contributed by atoms with van der Waals surface area (Å²) in [6, 6.07) is 28.9. The number of nitrogens with zero attached hydrogens (tertiary/aromatic N) is 2. The Morgan fingerprint density at radius 3 is 2.09 bits per heavy atom. The molecule has 236 valence electrons. The fraction of sp³-hybridized carbons (Fsp3) is 0.278. The highest BCUT2D eigenvalue weighted by molar-refractivity contribution is 7.92. The van der Waals surface area contributed by atoms with Crippen LogP contribution >= 0.6 is 11.6 Å². The van der Waals surface area contributed by atoms with Gasteiger partial charge in [0.05, 0.1) is 10.6 Å². The molecule has 7 nitrogen and oxygen atoms in total. The number of carbonyl (C=O) groups is 2. The molecule has 0 saturated heterocycles. The third-order valence-electron chi connectivity index (χ3n) is 7.90. The van der Waals surface area contributed by atoms with Gasteiger partial charge in [0.25, 0.3) is 10.0 Å².